The first kappa shape index (κ1) is 16.4. The Balaban J connectivity index is 1.46. The van der Waals surface area contributed by atoms with Gasteiger partial charge in [-0.05, 0) is 12.1 Å². The second-order valence-corrected chi connectivity index (χ2v) is 7.95. The minimum Gasteiger partial charge on any atom is -0.222 e. The van der Waals surface area contributed by atoms with E-state index in [-0.39, 0.29) is 12.2 Å². The number of aryl methyl sites for hydroxylation is 1. The lowest BCUT2D eigenvalue weighted by Crippen LogP contribution is -2.19. The summed E-state index contributed by atoms with van der Waals surface area (Å²) in [5.74, 6) is 2.35. The molecule has 0 spiro atoms. The van der Waals surface area contributed by atoms with Gasteiger partial charge in [-0.15, -0.1) is 0 Å². The summed E-state index contributed by atoms with van der Waals surface area (Å²) in [4.78, 5) is 6.89. The van der Waals surface area contributed by atoms with Crippen molar-refractivity contribution in [1.82, 2.24) is 29.6 Å². The number of benzene rings is 1. The highest BCUT2D eigenvalue weighted by atomic mass is 32.1. The quantitative estimate of drug-likeness (QED) is 0.499. The van der Waals surface area contributed by atoms with E-state index >= 15 is 0 Å². The van der Waals surface area contributed by atoms with Crippen LogP contribution in [0.4, 0.5) is 4.39 Å². The van der Waals surface area contributed by atoms with Crippen molar-refractivity contribution in [2.45, 2.75) is 31.4 Å². The van der Waals surface area contributed by atoms with Gasteiger partial charge < -0.3 is 0 Å². The summed E-state index contributed by atoms with van der Waals surface area (Å²) in [6.45, 7) is 0.181. The van der Waals surface area contributed by atoms with E-state index in [1.54, 1.807) is 17.6 Å². The highest BCUT2D eigenvalue weighted by Crippen LogP contribution is 2.35. The lowest BCUT2D eigenvalue weighted by molar-refractivity contribution is 0.598. The van der Waals surface area contributed by atoms with Crippen molar-refractivity contribution in [2.24, 2.45) is 7.05 Å². The predicted octanol–water partition coefficient (Wildman–Crippen LogP) is 3.31. The van der Waals surface area contributed by atoms with Gasteiger partial charge in [-0.1, -0.05) is 36.8 Å². The number of hydrogen-bond donors (Lipinski definition) is 0. The van der Waals surface area contributed by atoms with Gasteiger partial charge >= 0.3 is 0 Å². The number of hydrogen-bond acceptors (Lipinski definition) is 6. The third-order valence-corrected chi connectivity index (χ3v) is 6.15. The van der Waals surface area contributed by atoms with Crippen molar-refractivity contribution in [3.63, 3.8) is 0 Å². The van der Waals surface area contributed by atoms with Gasteiger partial charge in [-0.25, -0.2) is 19.2 Å². The fourth-order valence-electron chi connectivity index (χ4n) is 3.75. The Kier molecular flexibility index (Phi) is 3.72. The minimum absolute atomic E-state index is 0.181. The van der Waals surface area contributed by atoms with Crippen molar-refractivity contribution < 1.29 is 4.39 Å². The van der Waals surface area contributed by atoms with Crippen LogP contribution in [0.1, 0.15) is 24.5 Å². The first-order valence-corrected chi connectivity index (χ1v) is 9.69. The molecule has 4 heterocycles. The van der Waals surface area contributed by atoms with Gasteiger partial charge in [0.05, 0.1) is 11.9 Å². The van der Waals surface area contributed by atoms with E-state index in [0.29, 0.717) is 22.0 Å². The average molecular weight is 379 g/mol. The molecule has 0 amide bonds. The van der Waals surface area contributed by atoms with Crippen molar-refractivity contribution in [3.05, 3.63) is 29.8 Å². The highest BCUT2D eigenvalue weighted by molar-refractivity contribution is 7.19. The number of nitriles is 1. The van der Waals surface area contributed by atoms with Crippen LogP contribution in [0.3, 0.4) is 0 Å². The van der Waals surface area contributed by atoms with E-state index in [1.807, 2.05) is 6.20 Å². The van der Waals surface area contributed by atoms with Gasteiger partial charge in [0.2, 0.25) is 4.96 Å². The molecule has 134 valence electrons. The molecule has 7 nitrogen and oxygen atoms in total. The van der Waals surface area contributed by atoms with Crippen LogP contribution in [-0.2, 0) is 7.05 Å². The zero-order valence-corrected chi connectivity index (χ0v) is 15.4. The Bertz CT molecular complexity index is 1160. The zero-order chi connectivity index (χ0) is 18.5. The van der Waals surface area contributed by atoms with Crippen LogP contribution < -0.4 is 0 Å². The summed E-state index contributed by atoms with van der Waals surface area (Å²) in [6.07, 6.45) is 5.81. The van der Waals surface area contributed by atoms with Gasteiger partial charge in [0, 0.05) is 24.5 Å². The topological polar surface area (TPSA) is 84.7 Å². The molecule has 1 aliphatic rings. The lowest BCUT2D eigenvalue weighted by Gasteiger charge is -2.21. The molecule has 1 fully saturated rings. The highest BCUT2D eigenvalue weighted by Gasteiger charge is 2.27. The molecule has 0 aliphatic carbocycles. The molecule has 1 saturated heterocycles. The maximum Gasteiger partial charge on any atom is 0.267 e. The van der Waals surface area contributed by atoms with E-state index in [9.17, 15) is 4.39 Å². The van der Waals surface area contributed by atoms with Crippen LogP contribution in [0.2, 0.25) is 12.6 Å². The third kappa shape index (κ3) is 2.79. The Morgan fingerprint density at radius 2 is 2.07 bits per heavy atom. The molecule has 1 aliphatic heterocycles. The fourth-order valence-corrected chi connectivity index (χ4v) is 4.63. The number of imidazole rings is 1. The second-order valence-electron chi connectivity index (χ2n) is 6.99. The van der Waals surface area contributed by atoms with E-state index in [2.05, 4.69) is 21.3 Å². The maximum absolute atomic E-state index is 14.3. The SMILES string of the molecule is Cn1nc2cc(-c3nn4cc(C5CCB(C#N)CC5)nc4s3)cc(F)c2n1. The molecule has 0 atom stereocenters. The molecule has 1 aromatic carbocycles. The van der Waals surface area contributed by atoms with Crippen molar-refractivity contribution in [3.8, 4) is 16.5 Å². The molecule has 4 aromatic rings. The Labute approximate surface area is 158 Å². The van der Waals surface area contributed by atoms with Gasteiger partial charge in [0.25, 0.3) is 6.71 Å². The number of aromatic nitrogens is 6. The first-order valence-electron chi connectivity index (χ1n) is 8.87. The summed E-state index contributed by atoms with van der Waals surface area (Å²) in [6, 6.07) is 3.24. The van der Waals surface area contributed by atoms with Crippen LogP contribution in [-0.4, -0.2) is 36.3 Å². The smallest absolute Gasteiger partial charge is 0.222 e. The summed E-state index contributed by atoms with van der Waals surface area (Å²) in [5, 5.41) is 22.5. The number of fused-ring (bicyclic) bond motifs is 2. The van der Waals surface area contributed by atoms with Crippen molar-refractivity contribution >= 4 is 34.0 Å². The van der Waals surface area contributed by atoms with Crippen molar-refractivity contribution in [2.75, 3.05) is 0 Å². The summed E-state index contributed by atoms with van der Waals surface area (Å²) in [7, 11) is 1.67. The van der Waals surface area contributed by atoms with E-state index in [1.165, 1.54) is 22.2 Å². The molecule has 0 bridgehead atoms. The molecule has 0 saturated carbocycles. The maximum atomic E-state index is 14.3. The number of rotatable bonds is 2. The summed E-state index contributed by atoms with van der Waals surface area (Å²) < 4.78 is 16.1. The average Bonchev–Trinajstić information content (AvgIpc) is 3.34. The normalized spacial score (nSPS) is 15.7. The van der Waals surface area contributed by atoms with E-state index in [4.69, 9.17) is 10.2 Å². The van der Waals surface area contributed by atoms with Crippen LogP contribution in [0.25, 0.3) is 26.6 Å². The second kappa shape index (κ2) is 6.13. The lowest BCUT2D eigenvalue weighted by atomic mass is 9.41. The van der Waals surface area contributed by atoms with Crippen LogP contribution >= 0.6 is 11.3 Å². The van der Waals surface area contributed by atoms with Crippen LogP contribution in [0.15, 0.2) is 18.3 Å². The Morgan fingerprint density at radius 3 is 2.81 bits per heavy atom. The molecule has 3 aromatic heterocycles. The van der Waals surface area contributed by atoms with E-state index < -0.39 is 5.82 Å². The van der Waals surface area contributed by atoms with Crippen molar-refractivity contribution in [1.29, 1.82) is 5.26 Å². The molecular weight excluding hydrogens is 364 g/mol. The van der Waals surface area contributed by atoms with Crippen LogP contribution in [0, 0.1) is 17.0 Å². The molecule has 10 heteroatoms. The largest absolute Gasteiger partial charge is 0.267 e. The monoisotopic (exact) mass is 379 g/mol. The third-order valence-electron chi connectivity index (χ3n) is 5.18. The first-order chi connectivity index (χ1) is 13.1. The molecule has 0 N–H and O–H groups in total. The number of halogens is 1. The summed E-state index contributed by atoms with van der Waals surface area (Å²) >= 11 is 1.43. The fraction of sp³-hybridized carbons (Fsp3) is 0.353. The molecule has 27 heavy (non-hydrogen) atoms. The Hall–Kier alpha value is -2.80. The van der Waals surface area contributed by atoms with Gasteiger partial charge in [0.1, 0.15) is 16.0 Å². The molecule has 0 unspecified atom stereocenters. The molecule has 0 radical (unpaired) electrons. The summed E-state index contributed by atoms with van der Waals surface area (Å²) in [5.41, 5.74) is 2.48. The van der Waals surface area contributed by atoms with Gasteiger partial charge in [0.15, 0.2) is 5.82 Å². The molecular formula is C17H15BFN7S. The van der Waals surface area contributed by atoms with Gasteiger partial charge in [-0.3, -0.25) is 0 Å². The zero-order valence-electron chi connectivity index (χ0n) is 14.6. The minimum atomic E-state index is -0.404. The number of nitrogens with zero attached hydrogens (tertiary/aromatic N) is 7. The van der Waals surface area contributed by atoms with Gasteiger partial charge in [-0.2, -0.15) is 20.1 Å². The Morgan fingerprint density at radius 1 is 1.26 bits per heavy atom. The van der Waals surface area contributed by atoms with E-state index in [0.717, 1.165) is 36.1 Å². The standard InChI is InChI=1S/C17H15BFN7S/c1-25-22-13-7-11(6-12(19)15(13)23-25)16-24-26-8-14(21-17(26)27-16)10-2-4-18(9-20)5-3-10/h6-8,10H,2-5H2,1H3. The molecule has 5 rings (SSSR count). The van der Waals surface area contributed by atoms with Crippen LogP contribution in [0.5, 0.6) is 0 Å². The predicted molar refractivity (Wildman–Crippen MR) is 101 cm³/mol.